The summed E-state index contributed by atoms with van der Waals surface area (Å²) in [6.45, 7) is 1.84. The smallest absolute Gasteiger partial charge is 0.250 e. The van der Waals surface area contributed by atoms with Gasteiger partial charge in [-0.15, -0.1) is 11.3 Å². The lowest BCUT2D eigenvalue weighted by molar-refractivity contribution is -0.120. The van der Waals surface area contributed by atoms with Crippen molar-refractivity contribution in [1.29, 1.82) is 0 Å². The van der Waals surface area contributed by atoms with Gasteiger partial charge in [-0.3, -0.25) is 4.79 Å². The number of carbonyl (C=O) groups is 1. The molecule has 1 amide bonds. The molecule has 0 spiro atoms. The van der Waals surface area contributed by atoms with Gasteiger partial charge in [-0.2, -0.15) is 0 Å². The van der Waals surface area contributed by atoms with Gasteiger partial charge in [0.15, 0.2) is 0 Å². The Kier molecular flexibility index (Phi) is 4.76. The van der Waals surface area contributed by atoms with E-state index in [1.165, 1.54) is 17.2 Å². The van der Waals surface area contributed by atoms with Crippen LogP contribution in [0.5, 0.6) is 0 Å². The van der Waals surface area contributed by atoms with Crippen LogP contribution in [0, 0.1) is 0 Å². The molecule has 0 saturated heterocycles. The van der Waals surface area contributed by atoms with Gasteiger partial charge >= 0.3 is 0 Å². The fraction of sp³-hybridized carbons (Fsp3) is 0.267. The van der Waals surface area contributed by atoms with Gasteiger partial charge in [0.1, 0.15) is 4.21 Å². The van der Waals surface area contributed by atoms with Crippen LogP contribution in [0.2, 0.25) is 0 Å². The van der Waals surface area contributed by atoms with Crippen molar-refractivity contribution < 1.29 is 13.2 Å². The molecule has 0 radical (unpaired) electrons. The standard InChI is InChI=1S/C15H17N3O3S2/c19-14(10-18-23(20,21)15-2-1-5-22-15)17-7-11-3-4-12-8-16-9-13(12)6-11/h1-6,16,18H,7-10H2,(H,17,19). The Morgan fingerprint density at radius 2 is 2.04 bits per heavy atom. The summed E-state index contributed by atoms with van der Waals surface area (Å²) < 4.78 is 26.3. The average Bonchev–Trinajstić information content (AvgIpc) is 3.21. The summed E-state index contributed by atoms with van der Waals surface area (Å²) >= 11 is 1.11. The summed E-state index contributed by atoms with van der Waals surface area (Å²) in [5.74, 6) is -0.358. The van der Waals surface area contributed by atoms with Crippen molar-refractivity contribution in [3.63, 3.8) is 0 Å². The van der Waals surface area contributed by atoms with Gasteiger partial charge in [0.2, 0.25) is 5.91 Å². The number of sulfonamides is 1. The maximum absolute atomic E-state index is 11.9. The molecule has 0 bridgehead atoms. The Morgan fingerprint density at radius 1 is 1.22 bits per heavy atom. The van der Waals surface area contributed by atoms with Crippen molar-refractivity contribution in [2.45, 2.75) is 23.8 Å². The van der Waals surface area contributed by atoms with Gasteiger partial charge in [0.05, 0.1) is 6.54 Å². The highest BCUT2D eigenvalue weighted by atomic mass is 32.2. The average molecular weight is 351 g/mol. The Labute approximate surface area is 139 Å². The van der Waals surface area contributed by atoms with Gasteiger partial charge in [-0.05, 0) is 28.1 Å². The molecule has 1 aromatic carbocycles. The monoisotopic (exact) mass is 351 g/mol. The van der Waals surface area contributed by atoms with Crippen LogP contribution in [0.15, 0.2) is 39.9 Å². The first-order valence-corrected chi connectivity index (χ1v) is 9.52. The second-order valence-electron chi connectivity index (χ2n) is 5.24. The largest absolute Gasteiger partial charge is 0.351 e. The second kappa shape index (κ2) is 6.79. The van der Waals surface area contributed by atoms with E-state index in [2.05, 4.69) is 27.5 Å². The molecule has 8 heteroatoms. The minimum atomic E-state index is -3.60. The number of thiophene rings is 1. The molecule has 0 saturated carbocycles. The van der Waals surface area contributed by atoms with Crippen molar-refractivity contribution in [3.8, 4) is 0 Å². The molecule has 0 fully saturated rings. The summed E-state index contributed by atoms with van der Waals surface area (Å²) in [5.41, 5.74) is 3.53. The molecule has 1 aliphatic heterocycles. The molecule has 3 rings (SSSR count). The van der Waals surface area contributed by atoms with E-state index in [9.17, 15) is 13.2 Å². The summed E-state index contributed by atoms with van der Waals surface area (Å²) in [5, 5.41) is 7.67. The molecule has 23 heavy (non-hydrogen) atoms. The van der Waals surface area contributed by atoms with E-state index in [-0.39, 0.29) is 16.7 Å². The summed E-state index contributed by atoms with van der Waals surface area (Å²) in [4.78, 5) is 11.8. The molecule has 0 atom stereocenters. The summed E-state index contributed by atoms with van der Waals surface area (Å²) in [6, 6.07) is 9.25. The minimum absolute atomic E-state index is 0.205. The van der Waals surface area contributed by atoms with Crippen LogP contribution < -0.4 is 15.4 Å². The van der Waals surface area contributed by atoms with E-state index in [1.54, 1.807) is 11.4 Å². The maximum atomic E-state index is 11.9. The van der Waals surface area contributed by atoms with E-state index < -0.39 is 10.0 Å². The molecule has 1 aromatic heterocycles. The number of hydrogen-bond acceptors (Lipinski definition) is 5. The van der Waals surface area contributed by atoms with Crippen LogP contribution in [-0.2, 0) is 34.5 Å². The van der Waals surface area contributed by atoms with E-state index >= 15 is 0 Å². The van der Waals surface area contributed by atoms with E-state index in [0.717, 1.165) is 30.0 Å². The van der Waals surface area contributed by atoms with E-state index in [1.807, 2.05) is 6.07 Å². The molecule has 122 valence electrons. The third kappa shape index (κ3) is 3.97. The van der Waals surface area contributed by atoms with Gasteiger partial charge in [-0.1, -0.05) is 24.3 Å². The molecule has 3 N–H and O–H groups in total. The first-order chi connectivity index (χ1) is 11.0. The van der Waals surface area contributed by atoms with Crippen molar-refractivity contribution in [2.75, 3.05) is 6.54 Å². The molecular formula is C15H17N3O3S2. The predicted octanol–water partition coefficient (Wildman–Crippen LogP) is 0.946. The van der Waals surface area contributed by atoms with Crippen LogP contribution in [-0.4, -0.2) is 20.9 Å². The SMILES string of the molecule is O=C(CNS(=O)(=O)c1cccs1)NCc1ccc2c(c1)CNC2. The highest BCUT2D eigenvalue weighted by Gasteiger charge is 2.16. The lowest BCUT2D eigenvalue weighted by atomic mass is 10.1. The Balaban J connectivity index is 1.50. The van der Waals surface area contributed by atoms with Crippen molar-refractivity contribution in [2.24, 2.45) is 0 Å². The Hall–Kier alpha value is -1.74. The maximum Gasteiger partial charge on any atom is 0.250 e. The van der Waals surface area contributed by atoms with Crippen molar-refractivity contribution in [3.05, 3.63) is 52.4 Å². The molecule has 0 aliphatic carbocycles. The van der Waals surface area contributed by atoms with Crippen LogP contribution in [0.4, 0.5) is 0 Å². The van der Waals surface area contributed by atoms with Crippen molar-refractivity contribution >= 4 is 27.3 Å². The second-order valence-corrected chi connectivity index (χ2v) is 8.18. The highest BCUT2D eigenvalue weighted by molar-refractivity contribution is 7.91. The molecule has 2 heterocycles. The summed E-state index contributed by atoms with van der Waals surface area (Å²) in [7, 11) is -3.60. The fourth-order valence-corrected chi connectivity index (χ4v) is 4.39. The van der Waals surface area contributed by atoms with Gasteiger partial charge in [0.25, 0.3) is 10.0 Å². The van der Waals surface area contributed by atoms with E-state index in [0.29, 0.717) is 6.54 Å². The van der Waals surface area contributed by atoms with Crippen molar-refractivity contribution in [1.82, 2.24) is 15.4 Å². The zero-order chi connectivity index (χ0) is 16.3. The molecule has 6 nitrogen and oxygen atoms in total. The number of nitrogens with one attached hydrogen (secondary N) is 3. The third-order valence-electron chi connectivity index (χ3n) is 3.57. The zero-order valence-corrected chi connectivity index (χ0v) is 14.0. The quantitative estimate of drug-likeness (QED) is 0.723. The highest BCUT2D eigenvalue weighted by Crippen LogP contribution is 2.17. The number of carbonyl (C=O) groups excluding carboxylic acids is 1. The number of amides is 1. The summed E-state index contributed by atoms with van der Waals surface area (Å²) in [6.07, 6.45) is 0. The van der Waals surface area contributed by atoms with Crippen LogP contribution >= 0.6 is 11.3 Å². The number of fused-ring (bicyclic) bond motifs is 1. The lowest BCUT2D eigenvalue weighted by Crippen LogP contribution is -2.36. The van der Waals surface area contributed by atoms with E-state index in [4.69, 9.17) is 0 Å². The molecule has 2 aromatic rings. The number of rotatable bonds is 6. The lowest BCUT2D eigenvalue weighted by Gasteiger charge is -2.08. The van der Waals surface area contributed by atoms with Gasteiger partial charge < -0.3 is 10.6 Å². The zero-order valence-electron chi connectivity index (χ0n) is 12.3. The van der Waals surface area contributed by atoms with Gasteiger partial charge in [0, 0.05) is 19.6 Å². The van der Waals surface area contributed by atoms with Gasteiger partial charge in [-0.25, -0.2) is 13.1 Å². The van der Waals surface area contributed by atoms with Crippen LogP contribution in [0.3, 0.4) is 0 Å². The Morgan fingerprint density at radius 3 is 2.83 bits per heavy atom. The molecule has 0 unspecified atom stereocenters. The topological polar surface area (TPSA) is 87.3 Å². The first kappa shape index (κ1) is 16.1. The first-order valence-electron chi connectivity index (χ1n) is 7.16. The predicted molar refractivity (Wildman–Crippen MR) is 88.3 cm³/mol. The molecular weight excluding hydrogens is 334 g/mol. The normalized spacial score (nSPS) is 13.7. The molecule has 1 aliphatic rings. The Bertz CT molecular complexity index is 801. The number of benzene rings is 1. The number of hydrogen-bond donors (Lipinski definition) is 3. The van der Waals surface area contributed by atoms with Crippen LogP contribution in [0.25, 0.3) is 0 Å². The van der Waals surface area contributed by atoms with Crippen LogP contribution in [0.1, 0.15) is 16.7 Å². The third-order valence-corrected chi connectivity index (χ3v) is 6.37. The fourth-order valence-electron chi connectivity index (χ4n) is 2.37. The minimum Gasteiger partial charge on any atom is -0.351 e.